The van der Waals surface area contributed by atoms with Crippen molar-refractivity contribution in [2.24, 2.45) is 5.92 Å². The first-order valence-corrected chi connectivity index (χ1v) is 13.6. The van der Waals surface area contributed by atoms with E-state index in [1.807, 2.05) is 0 Å². The van der Waals surface area contributed by atoms with Crippen molar-refractivity contribution in [2.75, 3.05) is 42.7 Å². The maximum absolute atomic E-state index is 15.2. The van der Waals surface area contributed by atoms with E-state index in [1.54, 1.807) is 29.3 Å². The maximum Gasteiger partial charge on any atom is 0.245 e. The van der Waals surface area contributed by atoms with Gasteiger partial charge in [-0.2, -0.15) is 0 Å². The lowest BCUT2D eigenvalue weighted by atomic mass is 9.88. The number of carbonyl (C=O) groups is 1. The van der Waals surface area contributed by atoms with Crippen molar-refractivity contribution in [2.45, 2.75) is 31.7 Å². The quantitative estimate of drug-likeness (QED) is 0.219. The van der Waals surface area contributed by atoms with Crippen LogP contribution in [0, 0.1) is 17.1 Å². The fourth-order valence-corrected chi connectivity index (χ4v) is 5.01. The smallest absolute Gasteiger partial charge is 0.245 e. The fraction of sp³-hybridized carbons (Fsp3) is 0.345. The summed E-state index contributed by atoms with van der Waals surface area (Å²) in [6, 6.07) is 8.22. The van der Waals surface area contributed by atoms with Crippen LogP contribution in [0.3, 0.4) is 0 Å². The molecule has 11 nitrogen and oxygen atoms in total. The third kappa shape index (κ3) is 6.77. The summed E-state index contributed by atoms with van der Waals surface area (Å²) in [5.41, 5.74) is 6.88. The molecule has 41 heavy (non-hydrogen) atoms. The van der Waals surface area contributed by atoms with Crippen LogP contribution in [-0.2, 0) is 9.53 Å². The van der Waals surface area contributed by atoms with Gasteiger partial charge in [0.1, 0.15) is 41.1 Å². The van der Waals surface area contributed by atoms with Crippen LogP contribution in [0.1, 0.15) is 31.2 Å². The molecule has 0 spiro atoms. The number of piperidine rings is 1. The monoisotopic (exact) mass is 560 g/mol. The molecule has 1 aromatic carbocycles. The number of pyridine rings is 1. The van der Waals surface area contributed by atoms with Gasteiger partial charge in [0, 0.05) is 62.3 Å². The molecule has 0 unspecified atom stereocenters. The lowest BCUT2D eigenvalue weighted by Gasteiger charge is -2.32. The molecule has 214 valence electrons. The molecule has 2 saturated heterocycles. The number of nitrogens with zero attached hydrogens (tertiary/aromatic N) is 4. The SMILES string of the molecule is C=CC(=O)N1CCC(C(=N)c2c(N)ncnc2Nc2ccc(Oc3ccnc(NC4CCOCC4)c3)cc2F)CC1. The Hall–Kier alpha value is -4.58. The Bertz CT molecular complexity index is 1420. The molecule has 0 saturated carbocycles. The van der Waals surface area contributed by atoms with Crippen molar-refractivity contribution in [1.82, 2.24) is 19.9 Å². The first-order valence-electron chi connectivity index (χ1n) is 13.6. The first-order chi connectivity index (χ1) is 19.9. The minimum Gasteiger partial charge on any atom is -0.457 e. The van der Waals surface area contributed by atoms with E-state index < -0.39 is 5.82 Å². The zero-order valence-corrected chi connectivity index (χ0v) is 22.6. The first kappa shape index (κ1) is 28.0. The van der Waals surface area contributed by atoms with Gasteiger partial charge in [-0.15, -0.1) is 0 Å². The molecule has 0 radical (unpaired) electrons. The number of anilines is 4. The Morgan fingerprint density at radius 1 is 1.12 bits per heavy atom. The summed E-state index contributed by atoms with van der Waals surface area (Å²) in [5.74, 6) is 1.04. The zero-order valence-electron chi connectivity index (χ0n) is 22.6. The number of carbonyl (C=O) groups excluding carboxylic acids is 1. The summed E-state index contributed by atoms with van der Waals surface area (Å²) in [4.78, 5) is 26.3. The van der Waals surface area contributed by atoms with Crippen LogP contribution in [0.5, 0.6) is 11.5 Å². The van der Waals surface area contributed by atoms with Gasteiger partial charge >= 0.3 is 0 Å². The number of hydrogen-bond acceptors (Lipinski definition) is 10. The lowest BCUT2D eigenvalue weighted by Crippen LogP contribution is -2.39. The zero-order chi connectivity index (χ0) is 28.8. The Kier molecular flexibility index (Phi) is 8.68. The van der Waals surface area contributed by atoms with E-state index in [2.05, 4.69) is 32.2 Å². The van der Waals surface area contributed by atoms with Crippen LogP contribution in [0.15, 0.2) is 55.5 Å². The summed E-state index contributed by atoms with van der Waals surface area (Å²) in [5, 5.41) is 15.2. The average molecular weight is 561 g/mol. The number of nitrogens with one attached hydrogen (secondary N) is 3. The molecule has 12 heteroatoms. The molecule has 2 fully saturated rings. The maximum atomic E-state index is 15.2. The van der Waals surface area contributed by atoms with Crippen molar-refractivity contribution < 1.29 is 18.7 Å². The summed E-state index contributed by atoms with van der Waals surface area (Å²) in [6.07, 6.45) is 7.19. The number of rotatable bonds is 9. The van der Waals surface area contributed by atoms with E-state index in [0.29, 0.717) is 48.8 Å². The summed E-state index contributed by atoms with van der Waals surface area (Å²) in [6.45, 7) is 5.99. The molecule has 5 rings (SSSR count). The van der Waals surface area contributed by atoms with E-state index in [0.717, 1.165) is 26.1 Å². The van der Waals surface area contributed by atoms with Crippen molar-refractivity contribution in [3.8, 4) is 11.5 Å². The second-order valence-electron chi connectivity index (χ2n) is 9.98. The number of halogens is 1. The molecule has 0 aliphatic carbocycles. The largest absolute Gasteiger partial charge is 0.457 e. The van der Waals surface area contributed by atoms with Gasteiger partial charge in [0.05, 0.1) is 11.3 Å². The third-order valence-corrected chi connectivity index (χ3v) is 7.27. The van der Waals surface area contributed by atoms with Gasteiger partial charge in [-0.25, -0.2) is 19.3 Å². The lowest BCUT2D eigenvalue weighted by molar-refractivity contribution is -0.127. The molecule has 2 aromatic heterocycles. The highest BCUT2D eigenvalue weighted by Gasteiger charge is 2.28. The van der Waals surface area contributed by atoms with Gasteiger partial charge < -0.3 is 36.2 Å². The Labute approximate surface area is 237 Å². The van der Waals surface area contributed by atoms with Gasteiger partial charge in [0.25, 0.3) is 0 Å². The second kappa shape index (κ2) is 12.7. The molecular formula is C29H33FN8O3. The van der Waals surface area contributed by atoms with Crippen LogP contribution in [-0.4, -0.2) is 63.8 Å². The Morgan fingerprint density at radius 2 is 1.88 bits per heavy atom. The van der Waals surface area contributed by atoms with Crippen LogP contribution < -0.4 is 21.1 Å². The average Bonchev–Trinajstić information content (AvgIpc) is 2.99. The van der Waals surface area contributed by atoms with Crippen LogP contribution in [0.25, 0.3) is 0 Å². The van der Waals surface area contributed by atoms with Gasteiger partial charge in [-0.05, 0) is 50.0 Å². The highest BCUT2D eigenvalue weighted by molar-refractivity contribution is 6.07. The van der Waals surface area contributed by atoms with E-state index in [9.17, 15) is 4.79 Å². The Morgan fingerprint density at radius 3 is 2.61 bits per heavy atom. The fourth-order valence-electron chi connectivity index (χ4n) is 5.01. The van der Waals surface area contributed by atoms with E-state index in [1.165, 1.54) is 24.5 Å². The Balaban J connectivity index is 1.27. The molecule has 2 aliphatic heterocycles. The molecule has 1 amide bonds. The molecule has 3 aromatic rings. The predicted molar refractivity (Wildman–Crippen MR) is 154 cm³/mol. The van der Waals surface area contributed by atoms with Crippen molar-refractivity contribution in [1.29, 1.82) is 5.41 Å². The standard InChI is InChI=1S/C29H33FN8O3/c1-2-25(39)38-11-6-18(7-12-38)27(31)26-28(32)34-17-35-29(26)37-23-4-3-20(15-22(23)30)41-21-5-10-33-24(16-21)36-19-8-13-40-14-9-19/h2-5,10,15-19,31H,1,6-9,11-14H2,(H,33,36)(H3,32,34,35,37). The number of aromatic nitrogens is 3. The van der Waals surface area contributed by atoms with Gasteiger partial charge in [0.2, 0.25) is 5.91 Å². The molecule has 2 aliphatic rings. The summed E-state index contributed by atoms with van der Waals surface area (Å²) < 4.78 is 26.5. The van der Waals surface area contributed by atoms with E-state index in [4.69, 9.17) is 20.6 Å². The normalized spacial score (nSPS) is 16.2. The molecule has 0 atom stereocenters. The van der Waals surface area contributed by atoms with Gasteiger partial charge in [-0.1, -0.05) is 6.58 Å². The van der Waals surface area contributed by atoms with Gasteiger partial charge in [0.15, 0.2) is 0 Å². The number of nitrogens with two attached hydrogens (primary N) is 1. The molecule has 4 heterocycles. The van der Waals surface area contributed by atoms with Crippen molar-refractivity contribution >= 4 is 34.8 Å². The minimum atomic E-state index is -0.567. The third-order valence-electron chi connectivity index (χ3n) is 7.27. The van der Waals surface area contributed by atoms with Crippen LogP contribution in [0.2, 0.25) is 0 Å². The van der Waals surface area contributed by atoms with Crippen LogP contribution in [0.4, 0.5) is 27.5 Å². The number of nitrogen functional groups attached to an aromatic ring is 1. The highest BCUT2D eigenvalue weighted by atomic mass is 19.1. The van der Waals surface area contributed by atoms with Gasteiger partial charge in [-0.3, -0.25) is 4.79 Å². The summed E-state index contributed by atoms with van der Waals surface area (Å²) in [7, 11) is 0. The number of likely N-dealkylation sites (tertiary alicyclic amines) is 1. The highest BCUT2D eigenvalue weighted by Crippen LogP contribution is 2.32. The number of amides is 1. The number of hydrogen-bond donors (Lipinski definition) is 4. The topological polar surface area (TPSA) is 151 Å². The van der Waals surface area contributed by atoms with Crippen molar-refractivity contribution in [3.63, 3.8) is 0 Å². The predicted octanol–water partition coefficient (Wildman–Crippen LogP) is 4.51. The number of ether oxygens (including phenoxy) is 2. The second-order valence-corrected chi connectivity index (χ2v) is 9.98. The molecule has 0 bridgehead atoms. The van der Waals surface area contributed by atoms with Crippen molar-refractivity contribution in [3.05, 3.63) is 66.9 Å². The minimum absolute atomic E-state index is 0.125. The van der Waals surface area contributed by atoms with E-state index in [-0.39, 0.29) is 40.9 Å². The molecular weight excluding hydrogens is 527 g/mol. The number of benzene rings is 1. The van der Waals surface area contributed by atoms with E-state index >= 15 is 4.39 Å². The summed E-state index contributed by atoms with van der Waals surface area (Å²) >= 11 is 0. The molecule has 5 N–H and O–H groups in total. The van der Waals surface area contributed by atoms with Crippen LogP contribution >= 0.6 is 0 Å².